The van der Waals surface area contributed by atoms with Crippen molar-refractivity contribution < 1.29 is 13.2 Å². The van der Waals surface area contributed by atoms with Gasteiger partial charge in [-0.2, -0.15) is 4.39 Å². The van der Waals surface area contributed by atoms with E-state index >= 15 is 0 Å². The molecule has 1 unspecified atom stereocenters. The number of rotatable bonds is 4. The first-order valence-corrected chi connectivity index (χ1v) is 10.9. The van der Waals surface area contributed by atoms with Crippen molar-refractivity contribution in [3.63, 3.8) is 0 Å². The molecule has 28 heavy (non-hydrogen) atoms. The minimum atomic E-state index is -1.41. The Morgan fingerprint density at radius 1 is 0.643 bits per heavy atom. The fourth-order valence-corrected chi connectivity index (χ4v) is 6.01. The van der Waals surface area contributed by atoms with Crippen molar-refractivity contribution in [2.45, 2.75) is 52.7 Å². The Bertz CT molecular complexity index is 932. The highest BCUT2D eigenvalue weighted by Gasteiger charge is 2.34. The van der Waals surface area contributed by atoms with Crippen LogP contribution in [0.2, 0.25) is 0 Å². The zero-order valence-corrected chi connectivity index (χ0v) is 16.3. The van der Waals surface area contributed by atoms with Crippen molar-refractivity contribution in [3.8, 4) is 0 Å². The molecule has 0 spiro atoms. The quantitative estimate of drug-likeness (QED) is 0.320. The molecule has 1 aliphatic carbocycles. The van der Waals surface area contributed by atoms with Gasteiger partial charge < -0.3 is 0 Å². The third kappa shape index (κ3) is 3.83. The molecule has 4 rings (SSSR count). The van der Waals surface area contributed by atoms with Crippen LogP contribution >= 0.6 is 0 Å². The molecule has 0 amide bonds. The Kier molecular flexibility index (Phi) is 5.77. The molecule has 1 fully saturated rings. The lowest BCUT2D eigenvalue weighted by Gasteiger charge is -2.22. The van der Waals surface area contributed by atoms with Crippen molar-refractivity contribution in [1.82, 2.24) is 0 Å². The summed E-state index contributed by atoms with van der Waals surface area (Å²) in [6.45, 7) is 0. The third-order valence-electron chi connectivity index (χ3n) is 5.39. The summed E-state index contributed by atoms with van der Waals surface area (Å²) in [6.07, 6.45) is 6.26. The smallest absolute Gasteiger partial charge is 0.204 e. The molecule has 0 aromatic heterocycles. The molecule has 1 atom stereocenters. The highest BCUT2D eigenvalue weighted by molar-refractivity contribution is 7.97. The molecule has 0 nitrogen and oxygen atoms in total. The zero-order valence-electron chi connectivity index (χ0n) is 15.5. The molecule has 0 radical (unpaired) electrons. The van der Waals surface area contributed by atoms with E-state index in [2.05, 4.69) is 12.1 Å². The second-order valence-corrected chi connectivity index (χ2v) is 9.19. The normalized spacial score (nSPS) is 16.1. The van der Waals surface area contributed by atoms with E-state index in [1.54, 1.807) is 0 Å². The average Bonchev–Trinajstić information content (AvgIpc) is 2.76. The first-order valence-electron chi connectivity index (χ1n) is 9.68. The Hall–Kier alpha value is -2.20. The number of benzene rings is 3. The summed E-state index contributed by atoms with van der Waals surface area (Å²) in [7, 11) is -0.840. The molecule has 144 valence electrons. The van der Waals surface area contributed by atoms with Gasteiger partial charge in [0.05, 0.1) is 0 Å². The molecular formula is C24H22F3S+. The van der Waals surface area contributed by atoms with E-state index < -0.39 is 28.3 Å². The molecule has 0 bridgehead atoms. The molecule has 0 N–H and O–H groups in total. The van der Waals surface area contributed by atoms with E-state index in [1.165, 1.54) is 43.7 Å². The maximum Gasteiger partial charge on any atom is 0.217 e. The Morgan fingerprint density at radius 2 is 1.29 bits per heavy atom. The zero-order chi connectivity index (χ0) is 19.5. The van der Waals surface area contributed by atoms with Gasteiger partial charge in [-0.3, -0.25) is 0 Å². The van der Waals surface area contributed by atoms with Crippen molar-refractivity contribution >= 4 is 10.9 Å². The first-order chi connectivity index (χ1) is 13.6. The van der Waals surface area contributed by atoms with Crippen molar-refractivity contribution in [2.75, 3.05) is 0 Å². The number of halogens is 3. The molecule has 3 aromatic carbocycles. The minimum Gasteiger partial charge on any atom is -0.204 e. The summed E-state index contributed by atoms with van der Waals surface area (Å²) >= 11 is 0. The van der Waals surface area contributed by atoms with E-state index in [0.29, 0.717) is 5.92 Å². The summed E-state index contributed by atoms with van der Waals surface area (Å²) in [4.78, 5) is 1.95. The van der Waals surface area contributed by atoms with Crippen LogP contribution in [0.1, 0.15) is 43.6 Å². The summed E-state index contributed by atoms with van der Waals surface area (Å²) in [5, 5.41) is 0. The predicted octanol–water partition coefficient (Wildman–Crippen LogP) is 7.25. The van der Waals surface area contributed by atoms with Crippen molar-refractivity contribution in [2.24, 2.45) is 0 Å². The molecule has 0 saturated heterocycles. The van der Waals surface area contributed by atoms with Crippen LogP contribution in [0.5, 0.6) is 0 Å². The summed E-state index contributed by atoms with van der Waals surface area (Å²) in [5.41, 5.74) is 1.31. The van der Waals surface area contributed by atoms with Crippen LogP contribution in [0.4, 0.5) is 13.2 Å². The van der Waals surface area contributed by atoms with Crippen LogP contribution in [-0.2, 0) is 10.9 Å². The number of hydrogen-bond acceptors (Lipinski definition) is 0. The molecule has 3 aromatic rings. The van der Waals surface area contributed by atoms with Gasteiger partial charge in [-0.25, -0.2) is 8.78 Å². The summed E-state index contributed by atoms with van der Waals surface area (Å²) in [6, 6.07) is 20.1. The fraction of sp³-hybridized carbons (Fsp3) is 0.250. The SMILES string of the molecule is Fc1ccc([S+](c2ccccc2)c2ccc(C3CCCCC3)cc2)c(F)c1F. The second kappa shape index (κ2) is 8.44. The fourth-order valence-electron chi connectivity index (χ4n) is 3.92. The predicted molar refractivity (Wildman–Crippen MR) is 107 cm³/mol. The molecule has 0 heterocycles. The highest BCUT2D eigenvalue weighted by atomic mass is 32.2. The van der Waals surface area contributed by atoms with Crippen LogP contribution in [-0.4, -0.2) is 0 Å². The van der Waals surface area contributed by atoms with Gasteiger partial charge in [0.1, 0.15) is 10.9 Å². The van der Waals surface area contributed by atoms with E-state index in [9.17, 15) is 13.2 Å². The maximum absolute atomic E-state index is 14.6. The van der Waals surface area contributed by atoms with Gasteiger partial charge >= 0.3 is 0 Å². The van der Waals surface area contributed by atoms with Crippen LogP contribution in [0.25, 0.3) is 0 Å². The van der Waals surface area contributed by atoms with Gasteiger partial charge in [0.2, 0.25) is 10.7 Å². The molecular weight excluding hydrogens is 377 g/mol. The number of hydrogen-bond donors (Lipinski definition) is 0. The van der Waals surface area contributed by atoms with Crippen LogP contribution in [0.15, 0.2) is 81.4 Å². The lowest BCUT2D eigenvalue weighted by atomic mass is 9.84. The molecule has 1 aliphatic rings. The second-order valence-electron chi connectivity index (χ2n) is 7.20. The van der Waals surface area contributed by atoms with Gasteiger partial charge in [0.15, 0.2) is 21.4 Å². The largest absolute Gasteiger partial charge is 0.217 e. The van der Waals surface area contributed by atoms with E-state index in [4.69, 9.17) is 0 Å². The summed E-state index contributed by atoms with van der Waals surface area (Å²) < 4.78 is 42.1. The maximum atomic E-state index is 14.6. The standard InChI is InChI=1S/C24H22F3S/c25-21-15-16-22(24(27)23(21)26)28(19-9-5-2-6-10-19)20-13-11-18(12-14-20)17-7-3-1-4-8-17/h2,5-6,9-17H,1,3-4,7-8H2/q+1. The Labute approximate surface area is 166 Å². The minimum absolute atomic E-state index is 0.176. The first kappa shape index (κ1) is 19.1. The Balaban J connectivity index is 1.75. The summed E-state index contributed by atoms with van der Waals surface area (Å²) in [5.74, 6) is -3.10. The van der Waals surface area contributed by atoms with Gasteiger partial charge in [-0.05, 0) is 54.7 Å². The van der Waals surface area contributed by atoms with Gasteiger partial charge in [0.25, 0.3) is 0 Å². The highest BCUT2D eigenvalue weighted by Crippen LogP contribution is 2.37. The molecule has 4 heteroatoms. The van der Waals surface area contributed by atoms with Crippen LogP contribution in [0, 0.1) is 17.5 Å². The van der Waals surface area contributed by atoms with Crippen molar-refractivity contribution in [3.05, 3.63) is 89.7 Å². The lowest BCUT2D eigenvalue weighted by Crippen LogP contribution is -2.10. The molecule has 0 aliphatic heterocycles. The molecule has 1 saturated carbocycles. The topological polar surface area (TPSA) is 0 Å². The van der Waals surface area contributed by atoms with E-state index in [-0.39, 0.29) is 4.90 Å². The van der Waals surface area contributed by atoms with Crippen molar-refractivity contribution in [1.29, 1.82) is 0 Å². The van der Waals surface area contributed by atoms with E-state index in [0.717, 1.165) is 15.9 Å². The third-order valence-corrected chi connectivity index (χ3v) is 7.63. The van der Waals surface area contributed by atoms with Crippen LogP contribution < -0.4 is 0 Å². The van der Waals surface area contributed by atoms with Gasteiger partial charge in [-0.1, -0.05) is 49.6 Å². The van der Waals surface area contributed by atoms with Gasteiger partial charge in [0, 0.05) is 6.07 Å². The monoisotopic (exact) mass is 399 g/mol. The van der Waals surface area contributed by atoms with E-state index in [1.807, 2.05) is 42.5 Å². The average molecular weight is 400 g/mol. The van der Waals surface area contributed by atoms with Crippen LogP contribution in [0.3, 0.4) is 0 Å². The Morgan fingerprint density at radius 3 is 1.96 bits per heavy atom. The lowest BCUT2D eigenvalue weighted by molar-refractivity contribution is 0.435. The van der Waals surface area contributed by atoms with Gasteiger partial charge in [-0.15, -0.1) is 0 Å².